The first-order valence-corrected chi connectivity index (χ1v) is 8.98. The van der Waals surface area contributed by atoms with Crippen molar-refractivity contribution in [1.82, 2.24) is 5.32 Å². The summed E-state index contributed by atoms with van der Waals surface area (Å²) in [4.78, 5) is 25.7. The van der Waals surface area contributed by atoms with Gasteiger partial charge in [0.2, 0.25) is 0 Å². The van der Waals surface area contributed by atoms with Crippen molar-refractivity contribution < 1.29 is 14.5 Å². The highest BCUT2D eigenvalue weighted by Crippen LogP contribution is 2.28. The zero-order valence-corrected chi connectivity index (χ0v) is 14.6. The lowest BCUT2D eigenvalue weighted by molar-refractivity contribution is -0.384. The lowest BCUT2D eigenvalue weighted by Gasteiger charge is -2.32. The first-order valence-electron chi connectivity index (χ1n) is 8.98. The minimum atomic E-state index is -0.455. The molecule has 1 aromatic rings. The molecule has 1 N–H and O–H groups in total. The van der Waals surface area contributed by atoms with Gasteiger partial charge in [0.1, 0.15) is 0 Å². The van der Waals surface area contributed by atoms with E-state index in [-0.39, 0.29) is 17.6 Å². The van der Waals surface area contributed by atoms with Gasteiger partial charge in [0.05, 0.1) is 29.4 Å². The standard InChI is InChI=1S/C18H25N3O4/c1-13-4-2-3-5-16(13)19-18(22)15-12-14(21(23)24)6-7-17(15)20-8-10-25-11-9-20/h6-7,12-13,16H,2-5,8-11H2,1H3,(H,19,22)/t13-,16+/m0/s1. The van der Waals surface area contributed by atoms with E-state index in [1.807, 2.05) is 0 Å². The van der Waals surface area contributed by atoms with Crippen molar-refractivity contribution in [3.05, 3.63) is 33.9 Å². The number of amides is 1. The average molecular weight is 347 g/mol. The molecule has 136 valence electrons. The van der Waals surface area contributed by atoms with Gasteiger partial charge in [-0.15, -0.1) is 0 Å². The van der Waals surface area contributed by atoms with Crippen LogP contribution in [-0.2, 0) is 4.74 Å². The van der Waals surface area contributed by atoms with Crippen molar-refractivity contribution in [3.8, 4) is 0 Å². The minimum absolute atomic E-state index is 0.0566. The molecule has 1 aliphatic carbocycles. The number of benzene rings is 1. The first kappa shape index (κ1) is 17.7. The molecule has 0 radical (unpaired) electrons. The molecular weight excluding hydrogens is 322 g/mol. The molecule has 2 atom stereocenters. The number of anilines is 1. The second-order valence-corrected chi connectivity index (χ2v) is 6.90. The van der Waals surface area contributed by atoms with Gasteiger partial charge >= 0.3 is 0 Å². The highest BCUT2D eigenvalue weighted by molar-refractivity contribution is 6.00. The molecule has 1 aromatic carbocycles. The largest absolute Gasteiger partial charge is 0.378 e. The molecule has 3 rings (SSSR count). The van der Waals surface area contributed by atoms with E-state index < -0.39 is 4.92 Å². The number of hydrogen-bond acceptors (Lipinski definition) is 5. The van der Waals surface area contributed by atoms with Crippen molar-refractivity contribution >= 4 is 17.3 Å². The Kier molecular flexibility index (Phi) is 5.53. The molecule has 1 amide bonds. The number of morpholine rings is 1. The van der Waals surface area contributed by atoms with Crippen LogP contribution in [0.1, 0.15) is 43.0 Å². The third kappa shape index (κ3) is 4.10. The molecule has 7 heteroatoms. The second kappa shape index (κ2) is 7.82. The molecule has 0 aromatic heterocycles. The summed E-state index contributed by atoms with van der Waals surface area (Å²) in [5.41, 5.74) is 1.07. The van der Waals surface area contributed by atoms with Gasteiger partial charge in [-0.05, 0) is 24.8 Å². The molecule has 0 unspecified atom stereocenters. The Morgan fingerprint density at radius 3 is 2.68 bits per heavy atom. The smallest absolute Gasteiger partial charge is 0.270 e. The quantitative estimate of drug-likeness (QED) is 0.669. The Balaban J connectivity index is 1.86. The maximum absolute atomic E-state index is 12.9. The topological polar surface area (TPSA) is 84.7 Å². The fourth-order valence-electron chi connectivity index (χ4n) is 3.68. The van der Waals surface area contributed by atoms with Gasteiger partial charge < -0.3 is 15.0 Å². The van der Waals surface area contributed by atoms with Gasteiger partial charge in [-0.2, -0.15) is 0 Å². The van der Waals surface area contributed by atoms with E-state index in [2.05, 4.69) is 17.1 Å². The van der Waals surface area contributed by atoms with Crippen LogP contribution < -0.4 is 10.2 Å². The van der Waals surface area contributed by atoms with Gasteiger partial charge in [-0.3, -0.25) is 14.9 Å². The molecule has 1 saturated carbocycles. The molecule has 1 aliphatic heterocycles. The van der Waals surface area contributed by atoms with E-state index in [9.17, 15) is 14.9 Å². The van der Waals surface area contributed by atoms with Gasteiger partial charge in [-0.1, -0.05) is 19.8 Å². The van der Waals surface area contributed by atoms with E-state index in [4.69, 9.17) is 4.74 Å². The monoisotopic (exact) mass is 347 g/mol. The molecule has 0 spiro atoms. The van der Waals surface area contributed by atoms with Crippen molar-refractivity contribution in [2.45, 2.75) is 38.6 Å². The number of carbonyl (C=O) groups excluding carboxylic acids is 1. The van der Waals surface area contributed by atoms with Crippen LogP contribution in [0.4, 0.5) is 11.4 Å². The summed E-state index contributed by atoms with van der Waals surface area (Å²) < 4.78 is 5.37. The van der Waals surface area contributed by atoms with Crippen LogP contribution in [-0.4, -0.2) is 43.2 Å². The number of nitrogens with zero attached hydrogens (tertiary/aromatic N) is 2. The Bertz CT molecular complexity index is 643. The van der Waals surface area contributed by atoms with Crippen molar-refractivity contribution in [3.63, 3.8) is 0 Å². The molecule has 1 saturated heterocycles. The third-order valence-corrected chi connectivity index (χ3v) is 5.22. The SMILES string of the molecule is C[C@H]1CCCC[C@H]1NC(=O)c1cc([N+](=O)[O-])ccc1N1CCOCC1. The lowest BCUT2D eigenvalue weighted by atomic mass is 9.86. The summed E-state index contributed by atoms with van der Waals surface area (Å²) in [5.74, 6) is 0.215. The number of nitro groups is 1. The van der Waals surface area contributed by atoms with Gasteiger partial charge in [-0.25, -0.2) is 0 Å². The zero-order valence-electron chi connectivity index (χ0n) is 14.6. The highest BCUT2D eigenvalue weighted by Gasteiger charge is 2.27. The van der Waals surface area contributed by atoms with E-state index in [1.54, 1.807) is 6.07 Å². The van der Waals surface area contributed by atoms with Crippen molar-refractivity contribution in [2.24, 2.45) is 5.92 Å². The lowest BCUT2D eigenvalue weighted by Crippen LogP contribution is -2.42. The fourth-order valence-corrected chi connectivity index (χ4v) is 3.68. The maximum Gasteiger partial charge on any atom is 0.270 e. The van der Waals surface area contributed by atoms with Gasteiger partial charge in [0.25, 0.3) is 11.6 Å². The summed E-state index contributed by atoms with van der Waals surface area (Å²) in [6.45, 7) is 4.70. The molecule has 1 heterocycles. The predicted octanol–water partition coefficient (Wildman–Crippen LogP) is 2.74. The maximum atomic E-state index is 12.9. The fraction of sp³-hybridized carbons (Fsp3) is 0.611. The predicted molar refractivity (Wildman–Crippen MR) is 95.0 cm³/mol. The third-order valence-electron chi connectivity index (χ3n) is 5.22. The van der Waals surface area contributed by atoms with E-state index in [0.29, 0.717) is 37.8 Å². The molecule has 0 bridgehead atoms. The van der Waals surface area contributed by atoms with E-state index in [1.165, 1.54) is 18.6 Å². The number of carbonyl (C=O) groups is 1. The summed E-state index contributed by atoms with van der Waals surface area (Å²) in [5, 5.41) is 14.3. The van der Waals surface area contributed by atoms with Crippen LogP contribution in [0.15, 0.2) is 18.2 Å². The second-order valence-electron chi connectivity index (χ2n) is 6.90. The van der Waals surface area contributed by atoms with Crippen molar-refractivity contribution in [1.29, 1.82) is 0 Å². The van der Waals surface area contributed by atoms with Crippen molar-refractivity contribution in [2.75, 3.05) is 31.2 Å². The molecule has 2 fully saturated rings. The summed E-state index contributed by atoms with van der Waals surface area (Å²) in [6.07, 6.45) is 4.38. The normalized spacial score (nSPS) is 24.0. The molecular formula is C18H25N3O4. The van der Waals surface area contributed by atoms with Crippen LogP contribution in [0.2, 0.25) is 0 Å². The molecule has 25 heavy (non-hydrogen) atoms. The van der Waals surface area contributed by atoms with Crippen LogP contribution in [0, 0.1) is 16.0 Å². The Morgan fingerprint density at radius 1 is 1.28 bits per heavy atom. The average Bonchev–Trinajstić information content (AvgIpc) is 2.63. The summed E-state index contributed by atoms with van der Waals surface area (Å²) in [6, 6.07) is 4.68. The number of nitro benzene ring substituents is 1. The number of non-ortho nitro benzene ring substituents is 1. The number of ether oxygens (including phenoxy) is 1. The number of nitrogens with one attached hydrogen (secondary N) is 1. The molecule has 2 aliphatic rings. The Labute approximate surface area is 147 Å². The van der Waals surface area contributed by atoms with Crippen LogP contribution >= 0.6 is 0 Å². The summed E-state index contributed by atoms with van der Waals surface area (Å²) >= 11 is 0. The first-order chi connectivity index (χ1) is 12.1. The Morgan fingerprint density at radius 2 is 2.00 bits per heavy atom. The zero-order chi connectivity index (χ0) is 17.8. The number of rotatable bonds is 4. The summed E-state index contributed by atoms with van der Waals surface area (Å²) in [7, 11) is 0. The highest BCUT2D eigenvalue weighted by atomic mass is 16.6. The van der Waals surface area contributed by atoms with Crippen LogP contribution in [0.5, 0.6) is 0 Å². The van der Waals surface area contributed by atoms with Crippen LogP contribution in [0.25, 0.3) is 0 Å². The van der Waals surface area contributed by atoms with E-state index >= 15 is 0 Å². The minimum Gasteiger partial charge on any atom is -0.378 e. The Hall–Kier alpha value is -2.15. The van der Waals surface area contributed by atoms with Gasteiger partial charge in [0.15, 0.2) is 0 Å². The van der Waals surface area contributed by atoms with Gasteiger partial charge in [0, 0.05) is 31.3 Å². The number of hydrogen-bond donors (Lipinski definition) is 1. The van der Waals surface area contributed by atoms with E-state index in [0.717, 1.165) is 24.9 Å². The van der Waals surface area contributed by atoms with Crippen LogP contribution in [0.3, 0.4) is 0 Å². The molecule has 7 nitrogen and oxygen atoms in total.